The number of aromatic amines is 1. The summed E-state index contributed by atoms with van der Waals surface area (Å²) in [5, 5.41) is 18.6. The summed E-state index contributed by atoms with van der Waals surface area (Å²) in [5.41, 5.74) is -0.898. The summed E-state index contributed by atoms with van der Waals surface area (Å²) in [6.45, 7) is -0.340. The third-order valence-electron chi connectivity index (χ3n) is 3.03. The first-order chi connectivity index (χ1) is 9.06. The lowest BCUT2D eigenvalue weighted by atomic mass is 10.2. The van der Waals surface area contributed by atoms with Crippen molar-refractivity contribution in [2.24, 2.45) is 0 Å². The summed E-state index contributed by atoms with van der Waals surface area (Å²) >= 11 is 0. The number of ether oxygens (including phenoxy) is 1. The lowest BCUT2D eigenvalue weighted by Gasteiger charge is -2.14. The van der Waals surface area contributed by atoms with Crippen molar-refractivity contribution in [3.63, 3.8) is 0 Å². The number of terminal acetylenes is 1. The Kier molecular flexibility index (Phi) is 3.85. The second-order valence-electron chi connectivity index (χ2n) is 4.32. The number of aliphatic hydroxyl groups excluding tert-OH is 2. The van der Waals surface area contributed by atoms with Gasteiger partial charge in [0.25, 0.3) is 5.56 Å². The number of aliphatic hydroxyl groups is 2. The molecule has 0 aliphatic carbocycles. The van der Waals surface area contributed by atoms with Crippen LogP contribution in [0.2, 0.25) is 0 Å². The standard InChI is InChI=1S/C12H14N2O5/c1-2-3-7-5-14(12(18)13-11(7)17)10-4-8(16)9(6-15)19-10/h1,5,8-10,15-16H,3-4,6H2,(H,13,17,18)/t8-,9+,10+/m0/s1. The first-order valence-corrected chi connectivity index (χ1v) is 5.79. The van der Waals surface area contributed by atoms with Gasteiger partial charge < -0.3 is 14.9 Å². The molecule has 3 N–H and O–H groups in total. The summed E-state index contributed by atoms with van der Waals surface area (Å²) < 4.78 is 6.53. The van der Waals surface area contributed by atoms with Crippen LogP contribution in [0.3, 0.4) is 0 Å². The summed E-state index contributed by atoms with van der Waals surface area (Å²) in [7, 11) is 0. The number of H-pyrrole nitrogens is 1. The van der Waals surface area contributed by atoms with Gasteiger partial charge in [0.2, 0.25) is 0 Å². The fourth-order valence-electron chi connectivity index (χ4n) is 2.03. The van der Waals surface area contributed by atoms with Crippen molar-refractivity contribution >= 4 is 0 Å². The highest BCUT2D eigenvalue weighted by atomic mass is 16.5. The SMILES string of the molecule is C#CCc1cn([C@H]2C[C@H](O)[C@@H](CO)O2)c(=O)[nH]c1=O. The van der Waals surface area contributed by atoms with Gasteiger partial charge in [-0.25, -0.2) is 4.79 Å². The monoisotopic (exact) mass is 266 g/mol. The van der Waals surface area contributed by atoms with Crippen molar-refractivity contribution in [2.45, 2.75) is 31.3 Å². The molecule has 1 aliphatic heterocycles. The van der Waals surface area contributed by atoms with E-state index >= 15 is 0 Å². The summed E-state index contributed by atoms with van der Waals surface area (Å²) in [4.78, 5) is 25.4. The molecule has 0 bridgehead atoms. The fraction of sp³-hybridized carbons (Fsp3) is 0.500. The number of rotatable bonds is 3. The molecule has 7 nitrogen and oxygen atoms in total. The second kappa shape index (κ2) is 5.40. The molecule has 19 heavy (non-hydrogen) atoms. The van der Waals surface area contributed by atoms with E-state index in [4.69, 9.17) is 16.3 Å². The highest BCUT2D eigenvalue weighted by Crippen LogP contribution is 2.27. The Morgan fingerprint density at radius 2 is 2.32 bits per heavy atom. The van der Waals surface area contributed by atoms with Crippen molar-refractivity contribution in [1.82, 2.24) is 9.55 Å². The van der Waals surface area contributed by atoms with E-state index in [9.17, 15) is 14.7 Å². The largest absolute Gasteiger partial charge is 0.394 e. The lowest BCUT2D eigenvalue weighted by Crippen LogP contribution is -2.34. The number of nitrogens with zero attached hydrogens (tertiary/aromatic N) is 1. The van der Waals surface area contributed by atoms with Crippen LogP contribution < -0.4 is 11.2 Å². The van der Waals surface area contributed by atoms with Crippen LogP contribution in [0.25, 0.3) is 0 Å². The normalized spacial score (nSPS) is 26.3. The Balaban J connectivity index is 2.36. The van der Waals surface area contributed by atoms with Gasteiger partial charge >= 0.3 is 5.69 Å². The number of hydrogen-bond donors (Lipinski definition) is 3. The van der Waals surface area contributed by atoms with Gasteiger partial charge in [-0.05, 0) is 0 Å². The zero-order valence-corrected chi connectivity index (χ0v) is 10.1. The van der Waals surface area contributed by atoms with Crippen molar-refractivity contribution in [3.05, 3.63) is 32.6 Å². The predicted octanol–water partition coefficient (Wildman–Crippen LogP) is -1.65. The van der Waals surface area contributed by atoms with Crippen molar-refractivity contribution in [3.8, 4) is 12.3 Å². The molecule has 1 aromatic rings. The van der Waals surface area contributed by atoms with E-state index in [0.29, 0.717) is 0 Å². The first-order valence-electron chi connectivity index (χ1n) is 5.79. The van der Waals surface area contributed by atoms with E-state index in [2.05, 4.69) is 10.9 Å². The van der Waals surface area contributed by atoms with Crippen LogP contribution in [0, 0.1) is 12.3 Å². The predicted molar refractivity (Wildman–Crippen MR) is 65.5 cm³/mol. The van der Waals surface area contributed by atoms with Gasteiger partial charge in [0.05, 0.1) is 12.7 Å². The number of nitrogens with one attached hydrogen (secondary N) is 1. The van der Waals surface area contributed by atoms with Gasteiger partial charge in [-0.15, -0.1) is 12.3 Å². The highest BCUT2D eigenvalue weighted by Gasteiger charge is 2.35. The van der Waals surface area contributed by atoms with Gasteiger partial charge in [-0.1, -0.05) is 0 Å². The summed E-state index contributed by atoms with van der Waals surface area (Å²) in [6, 6.07) is 0. The van der Waals surface area contributed by atoms with E-state index in [1.165, 1.54) is 10.8 Å². The molecule has 0 unspecified atom stereocenters. The van der Waals surface area contributed by atoms with Crippen LogP contribution in [-0.4, -0.2) is 38.6 Å². The van der Waals surface area contributed by atoms with E-state index in [-0.39, 0.29) is 25.0 Å². The summed E-state index contributed by atoms with van der Waals surface area (Å²) in [6.07, 6.45) is 4.40. The maximum atomic E-state index is 11.7. The molecule has 1 aliphatic rings. The molecule has 1 saturated heterocycles. The molecule has 0 radical (unpaired) electrons. The van der Waals surface area contributed by atoms with E-state index in [1.54, 1.807) is 0 Å². The average Bonchev–Trinajstić information content (AvgIpc) is 2.74. The molecule has 1 fully saturated rings. The zero-order valence-electron chi connectivity index (χ0n) is 10.1. The Hall–Kier alpha value is -1.88. The smallest absolute Gasteiger partial charge is 0.330 e. The van der Waals surface area contributed by atoms with Gasteiger partial charge in [0.15, 0.2) is 0 Å². The summed E-state index contributed by atoms with van der Waals surface area (Å²) in [5.74, 6) is 2.33. The third kappa shape index (κ3) is 2.61. The molecule has 7 heteroatoms. The zero-order chi connectivity index (χ0) is 14.0. The van der Waals surface area contributed by atoms with Gasteiger partial charge in [0.1, 0.15) is 12.3 Å². The topological polar surface area (TPSA) is 105 Å². The lowest BCUT2D eigenvalue weighted by molar-refractivity contribution is -0.0459. The third-order valence-corrected chi connectivity index (χ3v) is 3.03. The van der Waals surface area contributed by atoms with Crippen LogP contribution in [0.4, 0.5) is 0 Å². The molecule has 3 atom stereocenters. The minimum atomic E-state index is -0.857. The maximum absolute atomic E-state index is 11.7. The number of aromatic nitrogens is 2. The van der Waals surface area contributed by atoms with Crippen LogP contribution >= 0.6 is 0 Å². The van der Waals surface area contributed by atoms with Crippen LogP contribution in [0.15, 0.2) is 15.8 Å². The quantitative estimate of drug-likeness (QED) is 0.569. The second-order valence-corrected chi connectivity index (χ2v) is 4.32. The Bertz CT molecular complexity index is 612. The minimum absolute atomic E-state index is 0.0916. The molecule has 0 amide bonds. The number of hydrogen-bond acceptors (Lipinski definition) is 5. The Morgan fingerprint density at radius 1 is 1.58 bits per heavy atom. The molecule has 2 heterocycles. The molecule has 0 aromatic carbocycles. The molecule has 0 spiro atoms. The van der Waals surface area contributed by atoms with Crippen LogP contribution in [0.5, 0.6) is 0 Å². The van der Waals surface area contributed by atoms with Crippen molar-refractivity contribution in [1.29, 1.82) is 0 Å². The molecule has 0 saturated carbocycles. The van der Waals surface area contributed by atoms with Crippen LogP contribution in [0.1, 0.15) is 18.2 Å². The fourth-order valence-corrected chi connectivity index (χ4v) is 2.03. The minimum Gasteiger partial charge on any atom is -0.394 e. The van der Waals surface area contributed by atoms with E-state index in [1.807, 2.05) is 0 Å². The maximum Gasteiger partial charge on any atom is 0.330 e. The Labute approximate surface area is 108 Å². The molecule has 1 aromatic heterocycles. The van der Waals surface area contributed by atoms with Crippen molar-refractivity contribution in [2.75, 3.05) is 6.61 Å². The van der Waals surface area contributed by atoms with Gasteiger partial charge in [0, 0.05) is 24.6 Å². The highest BCUT2D eigenvalue weighted by molar-refractivity contribution is 5.12. The van der Waals surface area contributed by atoms with E-state index in [0.717, 1.165) is 0 Å². The van der Waals surface area contributed by atoms with Crippen LogP contribution in [-0.2, 0) is 11.2 Å². The first kappa shape index (κ1) is 13.5. The average molecular weight is 266 g/mol. The molecule has 102 valence electrons. The van der Waals surface area contributed by atoms with Gasteiger partial charge in [-0.3, -0.25) is 14.3 Å². The molecular weight excluding hydrogens is 252 g/mol. The van der Waals surface area contributed by atoms with E-state index < -0.39 is 29.7 Å². The molecular formula is C12H14N2O5. The Morgan fingerprint density at radius 3 is 2.89 bits per heavy atom. The molecule has 2 rings (SSSR count). The van der Waals surface area contributed by atoms with Crippen molar-refractivity contribution < 1.29 is 14.9 Å². The van der Waals surface area contributed by atoms with Gasteiger partial charge in [-0.2, -0.15) is 0 Å².